The van der Waals surface area contributed by atoms with E-state index < -0.39 is 33.4 Å². The molecule has 1 fully saturated rings. The van der Waals surface area contributed by atoms with Gasteiger partial charge in [-0.3, -0.25) is 9.00 Å². The van der Waals surface area contributed by atoms with E-state index in [1.807, 2.05) is 6.92 Å². The van der Waals surface area contributed by atoms with Crippen LogP contribution >= 0.6 is 11.6 Å². The third kappa shape index (κ3) is 3.66. The normalized spacial score (nSPS) is 23.1. The lowest BCUT2D eigenvalue weighted by molar-refractivity contribution is 0.0925. The van der Waals surface area contributed by atoms with Gasteiger partial charge in [0.05, 0.1) is 10.8 Å². The van der Waals surface area contributed by atoms with E-state index in [0.717, 1.165) is 31.4 Å². The van der Waals surface area contributed by atoms with Crippen molar-refractivity contribution in [2.75, 3.05) is 5.75 Å². The summed E-state index contributed by atoms with van der Waals surface area (Å²) in [4.78, 5) is 12.2. The fourth-order valence-electron chi connectivity index (χ4n) is 2.74. The Morgan fingerprint density at radius 3 is 2.73 bits per heavy atom. The zero-order valence-electron chi connectivity index (χ0n) is 12.2. The first-order valence-corrected chi connectivity index (χ1v) is 9.03. The topological polar surface area (TPSA) is 46.2 Å². The van der Waals surface area contributed by atoms with Crippen LogP contribution in [-0.2, 0) is 10.8 Å². The van der Waals surface area contributed by atoms with Crippen LogP contribution in [0.25, 0.3) is 0 Å². The molecule has 0 spiro atoms. The van der Waals surface area contributed by atoms with Crippen LogP contribution < -0.4 is 5.32 Å². The molecular weight excluding hydrogens is 332 g/mol. The monoisotopic (exact) mass is 349 g/mol. The third-order valence-electron chi connectivity index (χ3n) is 3.92. The molecule has 3 unspecified atom stereocenters. The van der Waals surface area contributed by atoms with Crippen molar-refractivity contribution in [3.8, 4) is 0 Å². The molecular formula is C15H18ClF2NO2S. The van der Waals surface area contributed by atoms with Gasteiger partial charge in [0.1, 0.15) is 10.8 Å². The van der Waals surface area contributed by atoms with Crippen LogP contribution in [0.2, 0.25) is 5.02 Å². The van der Waals surface area contributed by atoms with E-state index in [2.05, 4.69) is 5.32 Å². The van der Waals surface area contributed by atoms with Crippen molar-refractivity contribution in [2.24, 2.45) is 0 Å². The predicted octanol–water partition coefficient (Wildman–Crippen LogP) is 3.43. The molecule has 1 N–H and O–H groups in total. The Kier molecular flexibility index (Phi) is 5.92. The van der Waals surface area contributed by atoms with E-state index in [9.17, 15) is 17.8 Å². The number of halogens is 3. The molecule has 22 heavy (non-hydrogen) atoms. The van der Waals surface area contributed by atoms with Crippen molar-refractivity contribution in [3.05, 3.63) is 34.4 Å². The van der Waals surface area contributed by atoms with Crippen LogP contribution in [0.1, 0.15) is 43.0 Å². The van der Waals surface area contributed by atoms with Gasteiger partial charge in [-0.05, 0) is 25.0 Å². The molecule has 3 atom stereocenters. The number of benzene rings is 1. The van der Waals surface area contributed by atoms with E-state index in [0.29, 0.717) is 12.2 Å². The smallest absolute Gasteiger partial charge is 0.254 e. The van der Waals surface area contributed by atoms with Crippen LogP contribution in [0.3, 0.4) is 0 Å². The Morgan fingerprint density at radius 2 is 2.05 bits per heavy atom. The summed E-state index contributed by atoms with van der Waals surface area (Å²) >= 11 is 5.49. The summed E-state index contributed by atoms with van der Waals surface area (Å²) in [6, 6.07) is 1.77. The van der Waals surface area contributed by atoms with Gasteiger partial charge in [-0.25, -0.2) is 8.78 Å². The van der Waals surface area contributed by atoms with Crippen molar-refractivity contribution in [2.45, 2.75) is 43.9 Å². The van der Waals surface area contributed by atoms with Gasteiger partial charge in [-0.1, -0.05) is 31.4 Å². The Balaban J connectivity index is 2.17. The first kappa shape index (κ1) is 17.3. The number of amides is 1. The average molecular weight is 350 g/mol. The minimum atomic E-state index is -1.07. The fraction of sp³-hybridized carbons (Fsp3) is 0.533. The molecule has 1 aliphatic carbocycles. The molecule has 7 heteroatoms. The van der Waals surface area contributed by atoms with Crippen LogP contribution in [0.15, 0.2) is 12.1 Å². The summed E-state index contributed by atoms with van der Waals surface area (Å²) in [5.74, 6) is -2.10. The standard InChI is InChI=1S/C15H18ClF2NO2S/c1-2-22(21)12-6-4-3-5-11(12)19-15(20)9-7-8-10(17)13(16)14(9)18/h7-8,11-12H,2-6H2,1H3,(H,19,20). The second-order valence-corrected chi connectivity index (χ2v) is 7.62. The number of rotatable bonds is 4. The molecule has 1 saturated carbocycles. The summed E-state index contributed by atoms with van der Waals surface area (Å²) in [5.41, 5.74) is -0.294. The van der Waals surface area contributed by atoms with Gasteiger partial charge in [-0.2, -0.15) is 0 Å². The van der Waals surface area contributed by atoms with Gasteiger partial charge < -0.3 is 5.32 Å². The maximum absolute atomic E-state index is 13.9. The lowest BCUT2D eigenvalue weighted by Gasteiger charge is -2.31. The van der Waals surface area contributed by atoms with Crippen LogP contribution in [-0.4, -0.2) is 27.2 Å². The van der Waals surface area contributed by atoms with Crippen LogP contribution in [0.5, 0.6) is 0 Å². The van der Waals surface area contributed by atoms with Crippen molar-refractivity contribution in [3.63, 3.8) is 0 Å². The van der Waals surface area contributed by atoms with E-state index in [1.54, 1.807) is 0 Å². The van der Waals surface area contributed by atoms with Crippen LogP contribution in [0.4, 0.5) is 8.78 Å². The van der Waals surface area contributed by atoms with Crippen molar-refractivity contribution in [1.29, 1.82) is 0 Å². The van der Waals surface area contributed by atoms with Gasteiger partial charge in [0.25, 0.3) is 5.91 Å². The first-order valence-electron chi connectivity index (χ1n) is 7.27. The third-order valence-corrected chi connectivity index (χ3v) is 6.08. The summed E-state index contributed by atoms with van der Waals surface area (Å²) in [6.07, 6.45) is 3.38. The van der Waals surface area contributed by atoms with Gasteiger partial charge >= 0.3 is 0 Å². The Bertz CT molecular complexity index is 597. The maximum atomic E-state index is 13.9. The molecule has 1 aromatic carbocycles. The number of carbonyl (C=O) groups is 1. The molecule has 1 aromatic rings. The molecule has 0 aliphatic heterocycles. The number of nitrogens with one attached hydrogen (secondary N) is 1. The van der Waals surface area contributed by atoms with Crippen molar-refractivity contribution in [1.82, 2.24) is 5.32 Å². The molecule has 2 rings (SSSR count). The Morgan fingerprint density at radius 1 is 1.36 bits per heavy atom. The zero-order chi connectivity index (χ0) is 16.3. The van der Waals surface area contributed by atoms with E-state index in [4.69, 9.17) is 11.6 Å². The molecule has 0 radical (unpaired) electrons. The van der Waals surface area contributed by atoms with Crippen LogP contribution in [0, 0.1) is 11.6 Å². The molecule has 1 amide bonds. The molecule has 122 valence electrons. The molecule has 0 aromatic heterocycles. The highest BCUT2D eigenvalue weighted by Gasteiger charge is 2.31. The lowest BCUT2D eigenvalue weighted by Crippen LogP contribution is -2.47. The van der Waals surface area contributed by atoms with E-state index >= 15 is 0 Å². The molecule has 0 heterocycles. The minimum Gasteiger partial charge on any atom is -0.348 e. The molecule has 3 nitrogen and oxygen atoms in total. The lowest BCUT2D eigenvalue weighted by atomic mass is 9.94. The second-order valence-electron chi connectivity index (χ2n) is 5.30. The van der Waals surface area contributed by atoms with Gasteiger partial charge in [0.15, 0.2) is 5.82 Å². The second kappa shape index (κ2) is 7.51. The highest BCUT2D eigenvalue weighted by Crippen LogP contribution is 2.25. The summed E-state index contributed by atoms with van der Waals surface area (Å²) in [5, 5.41) is 1.92. The highest BCUT2D eigenvalue weighted by atomic mass is 35.5. The molecule has 0 saturated heterocycles. The SMILES string of the molecule is CCS(=O)C1CCCCC1NC(=O)c1ccc(F)c(Cl)c1F. The Labute approximate surface area is 135 Å². The molecule has 0 bridgehead atoms. The minimum absolute atomic E-state index is 0.123. The molecule has 1 aliphatic rings. The summed E-state index contributed by atoms with van der Waals surface area (Å²) < 4.78 is 39.1. The van der Waals surface area contributed by atoms with Gasteiger partial charge in [0.2, 0.25) is 0 Å². The van der Waals surface area contributed by atoms with Gasteiger partial charge in [0, 0.05) is 22.6 Å². The fourth-order valence-corrected chi connectivity index (χ4v) is 4.33. The summed E-state index contributed by atoms with van der Waals surface area (Å²) in [7, 11) is -1.02. The maximum Gasteiger partial charge on any atom is 0.254 e. The summed E-state index contributed by atoms with van der Waals surface area (Å²) in [6.45, 7) is 1.84. The number of carbonyl (C=O) groups excluding carboxylic acids is 1. The highest BCUT2D eigenvalue weighted by molar-refractivity contribution is 7.85. The predicted molar refractivity (Wildman–Crippen MR) is 83.6 cm³/mol. The van der Waals surface area contributed by atoms with E-state index in [-0.39, 0.29) is 16.9 Å². The van der Waals surface area contributed by atoms with E-state index in [1.165, 1.54) is 0 Å². The quantitative estimate of drug-likeness (QED) is 0.846. The Hall–Kier alpha value is -1.01. The zero-order valence-corrected chi connectivity index (χ0v) is 13.8. The van der Waals surface area contributed by atoms with Crippen molar-refractivity contribution >= 4 is 28.3 Å². The number of hydrogen-bond donors (Lipinski definition) is 1. The first-order chi connectivity index (χ1) is 10.5. The van der Waals surface area contributed by atoms with Gasteiger partial charge in [-0.15, -0.1) is 0 Å². The van der Waals surface area contributed by atoms with Crippen molar-refractivity contribution < 1.29 is 17.8 Å². The number of hydrogen-bond acceptors (Lipinski definition) is 2. The average Bonchev–Trinajstić information content (AvgIpc) is 2.52. The largest absolute Gasteiger partial charge is 0.348 e.